The number of pyridine rings is 1. The van der Waals surface area contributed by atoms with Gasteiger partial charge in [-0.05, 0) is 31.0 Å². The summed E-state index contributed by atoms with van der Waals surface area (Å²) in [5, 5.41) is 0. The zero-order valence-corrected chi connectivity index (χ0v) is 12.1. The second kappa shape index (κ2) is 6.59. The normalized spacial score (nSPS) is 16.0. The number of hydrogen-bond acceptors (Lipinski definition) is 4. The first-order valence-corrected chi connectivity index (χ1v) is 7.43. The average Bonchev–Trinajstić information content (AvgIpc) is 2.55. The lowest BCUT2D eigenvalue weighted by Gasteiger charge is -2.32. The van der Waals surface area contributed by atoms with Crippen molar-refractivity contribution < 1.29 is 4.74 Å². The number of anilines is 1. The van der Waals surface area contributed by atoms with E-state index in [1.165, 1.54) is 5.69 Å². The van der Waals surface area contributed by atoms with Crippen molar-refractivity contribution >= 4 is 5.69 Å². The molecular weight excluding hydrogens is 262 g/mol. The Hall–Kier alpha value is -2.07. The molecule has 1 aromatic carbocycles. The third kappa shape index (κ3) is 3.73. The molecule has 0 aliphatic carbocycles. The molecule has 0 atom stereocenters. The van der Waals surface area contributed by atoms with Crippen molar-refractivity contribution in [3.05, 3.63) is 54.4 Å². The molecule has 4 heteroatoms. The minimum absolute atomic E-state index is 0.353. The molecule has 1 aliphatic rings. The molecule has 2 N–H and O–H groups in total. The molecule has 0 unspecified atom stereocenters. The summed E-state index contributed by atoms with van der Waals surface area (Å²) in [7, 11) is 0. The molecule has 0 bridgehead atoms. The Labute approximate surface area is 125 Å². The van der Waals surface area contributed by atoms with Crippen LogP contribution < -0.4 is 15.4 Å². The minimum atomic E-state index is 0.353. The molecule has 1 aliphatic heterocycles. The second-order valence-corrected chi connectivity index (χ2v) is 5.47. The summed E-state index contributed by atoms with van der Waals surface area (Å²) in [6.07, 6.45) is 5.71. The second-order valence-electron chi connectivity index (χ2n) is 5.47. The Morgan fingerprint density at radius 1 is 1.19 bits per heavy atom. The van der Waals surface area contributed by atoms with E-state index in [-0.39, 0.29) is 0 Å². The molecule has 3 rings (SSSR count). The van der Waals surface area contributed by atoms with Crippen molar-refractivity contribution in [2.24, 2.45) is 5.73 Å². The van der Waals surface area contributed by atoms with Crippen LogP contribution in [0.2, 0.25) is 0 Å². The summed E-state index contributed by atoms with van der Waals surface area (Å²) < 4.78 is 5.85. The number of aromatic nitrogens is 1. The Balaban J connectivity index is 1.63. The van der Waals surface area contributed by atoms with E-state index >= 15 is 0 Å². The molecular formula is C17H21N3O. The molecule has 4 nitrogen and oxygen atoms in total. The molecule has 1 saturated heterocycles. The monoisotopic (exact) mass is 283 g/mol. The average molecular weight is 283 g/mol. The van der Waals surface area contributed by atoms with E-state index in [9.17, 15) is 0 Å². The highest BCUT2D eigenvalue weighted by Gasteiger charge is 2.16. The van der Waals surface area contributed by atoms with Crippen LogP contribution in [0.25, 0.3) is 0 Å². The van der Waals surface area contributed by atoms with Crippen molar-refractivity contribution in [1.29, 1.82) is 0 Å². The summed E-state index contributed by atoms with van der Waals surface area (Å²) in [6, 6.07) is 12.6. The van der Waals surface area contributed by atoms with Crippen LogP contribution in [0.5, 0.6) is 5.75 Å². The van der Waals surface area contributed by atoms with Gasteiger partial charge in [0.25, 0.3) is 0 Å². The van der Waals surface area contributed by atoms with E-state index in [0.717, 1.165) is 37.2 Å². The number of rotatable bonds is 4. The molecule has 21 heavy (non-hydrogen) atoms. The summed E-state index contributed by atoms with van der Waals surface area (Å²) in [4.78, 5) is 6.47. The highest BCUT2D eigenvalue weighted by molar-refractivity contribution is 5.51. The topological polar surface area (TPSA) is 51.4 Å². The lowest BCUT2D eigenvalue weighted by Crippen LogP contribution is -2.39. The van der Waals surface area contributed by atoms with Gasteiger partial charge in [0, 0.05) is 48.8 Å². The van der Waals surface area contributed by atoms with Crippen LogP contribution in [-0.2, 0) is 6.61 Å². The van der Waals surface area contributed by atoms with Crippen LogP contribution in [0.15, 0.2) is 48.8 Å². The largest absolute Gasteiger partial charge is 0.489 e. The maximum Gasteiger partial charge on any atom is 0.121 e. The molecule has 1 aromatic heterocycles. The van der Waals surface area contributed by atoms with Crippen molar-refractivity contribution in [3.8, 4) is 5.75 Å². The zero-order valence-electron chi connectivity index (χ0n) is 12.1. The van der Waals surface area contributed by atoms with E-state index in [4.69, 9.17) is 10.5 Å². The van der Waals surface area contributed by atoms with Gasteiger partial charge in [-0.15, -0.1) is 0 Å². The lowest BCUT2D eigenvalue weighted by molar-refractivity contribution is 0.305. The summed E-state index contributed by atoms with van der Waals surface area (Å²) in [6.45, 7) is 2.59. The number of piperidine rings is 1. The highest BCUT2D eigenvalue weighted by Crippen LogP contribution is 2.24. The van der Waals surface area contributed by atoms with Crippen LogP contribution in [0.1, 0.15) is 18.4 Å². The van der Waals surface area contributed by atoms with Gasteiger partial charge in [0.1, 0.15) is 12.4 Å². The molecule has 1 fully saturated rings. The van der Waals surface area contributed by atoms with E-state index in [0.29, 0.717) is 12.6 Å². The first kappa shape index (κ1) is 13.9. The van der Waals surface area contributed by atoms with Gasteiger partial charge in [-0.1, -0.05) is 12.1 Å². The standard InChI is InChI=1S/C17H21N3O/c18-15-6-9-20(10-7-15)16-4-1-5-17(11-16)21-13-14-3-2-8-19-12-14/h1-5,8,11-12,15H,6-7,9-10,13,18H2. The van der Waals surface area contributed by atoms with Gasteiger partial charge < -0.3 is 15.4 Å². The van der Waals surface area contributed by atoms with Crippen molar-refractivity contribution in [2.75, 3.05) is 18.0 Å². The quantitative estimate of drug-likeness (QED) is 0.937. The van der Waals surface area contributed by atoms with Crippen molar-refractivity contribution in [1.82, 2.24) is 4.98 Å². The number of hydrogen-bond donors (Lipinski definition) is 1. The first-order valence-electron chi connectivity index (χ1n) is 7.43. The predicted molar refractivity (Wildman–Crippen MR) is 84.4 cm³/mol. The molecule has 110 valence electrons. The zero-order chi connectivity index (χ0) is 14.5. The van der Waals surface area contributed by atoms with Crippen molar-refractivity contribution in [2.45, 2.75) is 25.5 Å². The maximum atomic E-state index is 5.96. The maximum absolute atomic E-state index is 5.96. The smallest absolute Gasteiger partial charge is 0.121 e. The first-order chi connectivity index (χ1) is 10.3. The minimum Gasteiger partial charge on any atom is -0.489 e. The molecule has 0 saturated carbocycles. The van der Waals surface area contributed by atoms with Crippen LogP contribution >= 0.6 is 0 Å². The van der Waals surface area contributed by atoms with Crippen molar-refractivity contribution in [3.63, 3.8) is 0 Å². The molecule has 2 aromatic rings. The fourth-order valence-electron chi connectivity index (χ4n) is 2.58. The number of benzene rings is 1. The van der Waals surface area contributed by atoms with Crippen LogP contribution in [0.3, 0.4) is 0 Å². The third-order valence-corrected chi connectivity index (χ3v) is 3.85. The van der Waals surface area contributed by atoms with Crippen LogP contribution in [0, 0.1) is 0 Å². The van der Waals surface area contributed by atoms with Gasteiger partial charge in [0.15, 0.2) is 0 Å². The van der Waals surface area contributed by atoms with Gasteiger partial charge in [0.2, 0.25) is 0 Å². The van der Waals surface area contributed by atoms with Gasteiger partial charge in [-0.2, -0.15) is 0 Å². The Morgan fingerprint density at radius 2 is 2.05 bits per heavy atom. The van der Waals surface area contributed by atoms with E-state index in [2.05, 4.69) is 22.0 Å². The Morgan fingerprint density at radius 3 is 2.81 bits per heavy atom. The summed E-state index contributed by atoms with van der Waals surface area (Å²) in [5.41, 5.74) is 8.25. The Kier molecular flexibility index (Phi) is 4.36. The van der Waals surface area contributed by atoms with Gasteiger partial charge >= 0.3 is 0 Å². The summed E-state index contributed by atoms with van der Waals surface area (Å²) >= 11 is 0. The third-order valence-electron chi connectivity index (χ3n) is 3.85. The van der Waals surface area contributed by atoms with Gasteiger partial charge in [0.05, 0.1) is 0 Å². The molecule has 0 radical (unpaired) electrons. The number of nitrogens with two attached hydrogens (primary N) is 1. The van der Waals surface area contributed by atoms with Gasteiger partial charge in [-0.25, -0.2) is 0 Å². The predicted octanol–water partition coefficient (Wildman–Crippen LogP) is 2.59. The van der Waals surface area contributed by atoms with E-state index in [1.807, 2.05) is 30.5 Å². The fraction of sp³-hybridized carbons (Fsp3) is 0.353. The van der Waals surface area contributed by atoms with E-state index < -0.39 is 0 Å². The molecule has 0 spiro atoms. The molecule has 2 heterocycles. The van der Waals surface area contributed by atoms with Gasteiger partial charge in [-0.3, -0.25) is 4.98 Å². The molecule has 0 amide bonds. The number of ether oxygens (including phenoxy) is 1. The van der Waals surface area contributed by atoms with E-state index in [1.54, 1.807) is 6.20 Å². The SMILES string of the molecule is NC1CCN(c2cccc(OCc3cccnc3)c2)CC1. The van der Waals surface area contributed by atoms with Crippen LogP contribution in [0.4, 0.5) is 5.69 Å². The highest BCUT2D eigenvalue weighted by atomic mass is 16.5. The Bertz CT molecular complexity index is 565. The fourth-order valence-corrected chi connectivity index (χ4v) is 2.58. The number of nitrogens with zero attached hydrogens (tertiary/aromatic N) is 2. The van der Waals surface area contributed by atoms with Crippen LogP contribution in [-0.4, -0.2) is 24.1 Å². The summed E-state index contributed by atoms with van der Waals surface area (Å²) in [5.74, 6) is 0.895. The lowest BCUT2D eigenvalue weighted by atomic mass is 10.1.